The minimum Gasteiger partial charge on any atom is -0.267 e. The van der Waals surface area contributed by atoms with Gasteiger partial charge in [0.05, 0.1) is 17.8 Å². The van der Waals surface area contributed by atoms with E-state index >= 15 is 0 Å². The summed E-state index contributed by atoms with van der Waals surface area (Å²) >= 11 is 6.02. The van der Waals surface area contributed by atoms with E-state index in [4.69, 9.17) is 16.7 Å². The zero-order valence-electron chi connectivity index (χ0n) is 14.7. The molecule has 0 aromatic heterocycles. The van der Waals surface area contributed by atoms with Gasteiger partial charge in [0.15, 0.2) is 6.04 Å². The van der Waals surface area contributed by atoms with Crippen LogP contribution in [0.1, 0.15) is 35.2 Å². The zero-order valence-corrected chi connectivity index (χ0v) is 15.4. The molecule has 0 aliphatic carbocycles. The second-order valence-electron chi connectivity index (χ2n) is 6.51. The van der Waals surface area contributed by atoms with Crippen molar-refractivity contribution in [3.63, 3.8) is 0 Å². The highest BCUT2D eigenvalue weighted by Gasteiger charge is 2.34. The average Bonchev–Trinajstić information content (AvgIpc) is 3.16. The number of hydrogen-bond acceptors (Lipinski definition) is 3. The number of nitrogens with zero attached hydrogens (tertiary/aromatic N) is 3. The predicted octanol–water partition coefficient (Wildman–Crippen LogP) is 5.76. The van der Waals surface area contributed by atoms with Gasteiger partial charge in [-0.1, -0.05) is 84.4 Å². The number of hydrogen-bond donors (Lipinski definition) is 0. The van der Waals surface area contributed by atoms with Crippen LogP contribution in [0.15, 0.2) is 90.0 Å². The molecule has 3 aromatic rings. The molecule has 3 nitrogen and oxygen atoms in total. The molecular weight excluding hydrogens is 354 g/mol. The highest BCUT2D eigenvalue weighted by molar-refractivity contribution is 6.30. The van der Waals surface area contributed by atoms with E-state index in [1.165, 1.54) is 0 Å². The quantitative estimate of drug-likeness (QED) is 0.585. The van der Waals surface area contributed by atoms with E-state index in [2.05, 4.69) is 30.3 Å². The van der Waals surface area contributed by atoms with Crippen molar-refractivity contribution in [3.05, 3.63) is 107 Å². The van der Waals surface area contributed by atoms with E-state index in [1.807, 2.05) is 65.7 Å². The smallest absolute Gasteiger partial charge is 0.159 e. The molecule has 0 saturated heterocycles. The Balaban J connectivity index is 1.76. The second kappa shape index (κ2) is 7.65. The molecule has 0 unspecified atom stereocenters. The SMILES string of the molecule is N#C[C@H](c1ccc(Cl)cc1)N1N=C(c2ccccc2)C[C@@H]1c1ccccc1. The largest absolute Gasteiger partial charge is 0.267 e. The summed E-state index contributed by atoms with van der Waals surface area (Å²) in [6.07, 6.45) is 0.764. The first-order valence-corrected chi connectivity index (χ1v) is 9.25. The van der Waals surface area contributed by atoms with Crippen molar-refractivity contribution >= 4 is 17.3 Å². The summed E-state index contributed by atoms with van der Waals surface area (Å²) in [6.45, 7) is 0. The normalized spacial score (nSPS) is 17.3. The lowest BCUT2D eigenvalue weighted by atomic mass is 9.97. The Labute approximate surface area is 164 Å². The fourth-order valence-corrected chi connectivity index (χ4v) is 3.57. The molecule has 0 N–H and O–H groups in total. The van der Waals surface area contributed by atoms with Crippen LogP contribution in [0.2, 0.25) is 5.02 Å². The van der Waals surface area contributed by atoms with Crippen LogP contribution in [0.3, 0.4) is 0 Å². The van der Waals surface area contributed by atoms with Gasteiger partial charge in [0.25, 0.3) is 0 Å². The van der Waals surface area contributed by atoms with Crippen LogP contribution in [0.25, 0.3) is 0 Å². The maximum Gasteiger partial charge on any atom is 0.159 e. The summed E-state index contributed by atoms with van der Waals surface area (Å²) in [7, 11) is 0. The topological polar surface area (TPSA) is 39.4 Å². The highest BCUT2D eigenvalue weighted by Crippen LogP contribution is 2.39. The third-order valence-corrected chi connectivity index (χ3v) is 5.06. The van der Waals surface area contributed by atoms with Crippen LogP contribution in [-0.2, 0) is 0 Å². The monoisotopic (exact) mass is 371 g/mol. The van der Waals surface area contributed by atoms with E-state index in [9.17, 15) is 5.26 Å². The van der Waals surface area contributed by atoms with Crippen LogP contribution in [0, 0.1) is 11.3 Å². The van der Waals surface area contributed by atoms with Crippen LogP contribution in [0.5, 0.6) is 0 Å². The van der Waals surface area contributed by atoms with Crippen LogP contribution < -0.4 is 0 Å². The van der Waals surface area contributed by atoms with Gasteiger partial charge in [0.2, 0.25) is 0 Å². The lowest BCUT2D eigenvalue weighted by Crippen LogP contribution is -2.24. The fraction of sp³-hybridized carbons (Fsp3) is 0.130. The number of rotatable bonds is 4. The van der Waals surface area contributed by atoms with Crippen molar-refractivity contribution in [1.82, 2.24) is 5.01 Å². The zero-order chi connectivity index (χ0) is 18.6. The number of hydrazone groups is 1. The highest BCUT2D eigenvalue weighted by atomic mass is 35.5. The molecule has 0 amide bonds. The maximum atomic E-state index is 9.94. The average molecular weight is 372 g/mol. The first-order chi connectivity index (χ1) is 13.3. The molecule has 0 saturated carbocycles. The summed E-state index contributed by atoms with van der Waals surface area (Å²) in [4.78, 5) is 0. The van der Waals surface area contributed by atoms with Gasteiger partial charge in [0.1, 0.15) is 0 Å². The summed E-state index contributed by atoms with van der Waals surface area (Å²) in [5.74, 6) is 0. The molecule has 4 rings (SSSR count). The van der Waals surface area contributed by atoms with Crippen molar-refractivity contribution in [1.29, 1.82) is 5.26 Å². The molecule has 3 aromatic carbocycles. The second-order valence-corrected chi connectivity index (χ2v) is 6.94. The summed E-state index contributed by atoms with van der Waals surface area (Å²) in [5, 5.41) is 17.4. The predicted molar refractivity (Wildman–Crippen MR) is 108 cm³/mol. The summed E-state index contributed by atoms with van der Waals surface area (Å²) < 4.78 is 0. The van der Waals surface area contributed by atoms with Gasteiger partial charge in [-0.15, -0.1) is 0 Å². The Morgan fingerprint density at radius 1 is 0.926 bits per heavy atom. The van der Waals surface area contributed by atoms with Gasteiger partial charge in [-0.05, 0) is 28.8 Å². The standard InChI is InChI=1S/C23H18ClN3/c24-20-13-11-19(12-14-20)23(16-25)27-22(18-9-5-2-6-10-18)15-21(26-27)17-7-3-1-4-8-17/h1-14,22-23H,15H2/t22-,23-/m1/s1. The van der Waals surface area contributed by atoms with Crippen LogP contribution >= 0.6 is 11.6 Å². The first-order valence-electron chi connectivity index (χ1n) is 8.87. The number of benzene rings is 3. The van der Waals surface area contributed by atoms with Gasteiger partial charge in [0, 0.05) is 11.4 Å². The molecule has 1 aliphatic rings. The molecule has 132 valence electrons. The third kappa shape index (κ3) is 3.58. The van der Waals surface area contributed by atoms with Gasteiger partial charge < -0.3 is 0 Å². The number of halogens is 1. The van der Waals surface area contributed by atoms with E-state index < -0.39 is 6.04 Å². The van der Waals surface area contributed by atoms with Crippen molar-refractivity contribution in [2.24, 2.45) is 5.10 Å². The minimum atomic E-state index is -0.478. The molecule has 4 heteroatoms. The first kappa shape index (κ1) is 17.3. The van der Waals surface area contributed by atoms with Crippen LogP contribution in [0.4, 0.5) is 0 Å². The van der Waals surface area contributed by atoms with E-state index in [1.54, 1.807) is 0 Å². The summed E-state index contributed by atoms with van der Waals surface area (Å²) in [6, 6.07) is 29.8. The van der Waals surface area contributed by atoms with E-state index in [-0.39, 0.29) is 6.04 Å². The Bertz CT molecular complexity index is 976. The van der Waals surface area contributed by atoms with Crippen molar-refractivity contribution in [3.8, 4) is 6.07 Å². The van der Waals surface area contributed by atoms with Gasteiger partial charge in [-0.2, -0.15) is 10.4 Å². The Kier molecular flexibility index (Phi) is 4.91. The Hall–Kier alpha value is -3.09. The third-order valence-electron chi connectivity index (χ3n) is 4.81. The molecule has 2 atom stereocenters. The molecule has 27 heavy (non-hydrogen) atoms. The molecule has 1 heterocycles. The Morgan fingerprint density at radius 3 is 2.19 bits per heavy atom. The lowest BCUT2D eigenvalue weighted by Gasteiger charge is -2.28. The van der Waals surface area contributed by atoms with Gasteiger partial charge >= 0.3 is 0 Å². The van der Waals surface area contributed by atoms with Crippen molar-refractivity contribution < 1.29 is 0 Å². The number of nitriles is 1. The summed E-state index contributed by atoms with van der Waals surface area (Å²) in [5.41, 5.74) is 4.13. The molecular formula is C23H18ClN3. The van der Waals surface area contributed by atoms with E-state index in [0.29, 0.717) is 5.02 Å². The molecule has 0 radical (unpaired) electrons. The van der Waals surface area contributed by atoms with Crippen molar-refractivity contribution in [2.75, 3.05) is 0 Å². The molecule has 0 fully saturated rings. The maximum absolute atomic E-state index is 9.94. The van der Waals surface area contributed by atoms with Crippen LogP contribution in [-0.4, -0.2) is 10.7 Å². The molecule has 0 spiro atoms. The lowest BCUT2D eigenvalue weighted by molar-refractivity contribution is 0.196. The van der Waals surface area contributed by atoms with Crippen molar-refractivity contribution in [2.45, 2.75) is 18.5 Å². The minimum absolute atomic E-state index is 0.0155. The van der Waals surface area contributed by atoms with E-state index in [0.717, 1.165) is 28.8 Å². The van der Waals surface area contributed by atoms with Gasteiger partial charge in [-0.3, -0.25) is 5.01 Å². The fourth-order valence-electron chi connectivity index (χ4n) is 3.45. The molecule has 1 aliphatic heterocycles. The van der Waals surface area contributed by atoms with Gasteiger partial charge in [-0.25, -0.2) is 0 Å². The Morgan fingerprint density at radius 2 is 1.56 bits per heavy atom. The molecule has 0 bridgehead atoms.